The normalized spacial score (nSPS) is 12.1. The van der Waals surface area contributed by atoms with Crippen LogP contribution < -0.4 is 10.1 Å². The molecule has 0 saturated carbocycles. The van der Waals surface area contributed by atoms with Gasteiger partial charge in [-0.1, -0.05) is 24.8 Å². The summed E-state index contributed by atoms with van der Waals surface area (Å²) >= 11 is 0. The van der Waals surface area contributed by atoms with Crippen LogP contribution >= 0.6 is 0 Å². The predicted molar refractivity (Wildman–Crippen MR) is 65.5 cm³/mol. The summed E-state index contributed by atoms with van der Waals surface area (Å²) in [5.41, 5.74) is 1.17. The molecule has 0 bridgehead atoms. The Bertz CT molecular complexity index is 306. The van der Waals surface area contributed by atoms with Crippen LogP contribution in [0.4, 0.5) is 0 Å². The molecule has 3 nitrogen and oxygen atoms in total. The van der Waals surface area contributed by atoms with Gasteiger partial charge in [-0.2, -0.15) is 0 Å². The third-order valence-corrected chi connectivity index (χ3v) is 2.06. The summed E-state index contributed by atoms with van der Waals surface area (Å²) < 4.78 is 5.37. The van der Waals surface area contributed by atoms with Gasteiger partial charge in [-0.3, -0.25) is 0 Å². The van der Waals surface area contributed by atoms with Crippen molar-refractivity contribution in [3.63, 3.8) is 0 Å². The molecule has 0 spiro atoms. The second-order valence-corrected chi connectivity index (χ2v) is 3.72. The van der Waals surface area contributed by atoms with E-state index in [1.807, 2.05) is 24.3 Å². The highest BCUT2D eigenvalue weighted by molar-refractivity contribution is 5.27. The van der Waals surface area contributed by atoms with Crippen molar-refractivity contribution in [1.29, 1.82) is 0 Å². The van der Waals surface area contributed by atoms with Crippen LogP contribution in [0.15, 0.2) is 36.9 Å². The summed E-state index contributed by atoms with van der Waals surface area (Å²) in [7, 11) is 0. The Morgan fingerprint density at radius 3 is 2.69 bits per heavy atom. The number of benzene rings is 1. The Morgan fingerprint density at radius 1 is 1.44 bits per heavy atom. The minimum Gasteiger partial charge on any atom is -0.490 e. The molecule has 1 aromatic rings. The van der Waals surface area contributed by atoms with Gasteiger partial charge in [0, 0.05) is 13.1 Å². The van der Waals surface area contributed by atoms with Crippen molar-refractivity contribution in [2.45, 2.75) is 19.6 Å². The first-order valence-electron chi connectivity index (χ1n) is 5.44. The fourth-order valence-corrected chi connectivity index (χ4v) is 1.28. The molecule has 88 valence electrons. The molecule has 0 aliphatic rings. The van der Waals surface area contributed by atoms with Crippen LogP contribution in [-0.4, -0.2) is 24.4 Å². The number of nitrogens with one attached hydrogen (secondary N) is 1. The van der Waals surface area contributed by atoms with E-state index in [9.17, 15) is 0 Å². The molecule has 0 aliphatic heterocycles. The second-order valence-electron chi connectivity index (χ2n) is 3.72. The van der Waals surface area contributed by atoms with E-state index < -0.39 is 0 Å². The van der Waals surface area contributed by atoms with E-state index in [1.54, 1.807) is 13.0 Å². The van der Waals surface area contributed by atoms with E-state index in [0.717, 1.165) is 12.3 Å². The number of hydrogen-bond donors (Lipinski definition) is 2. The van der Waals surface area contributed by atoms with Crippen LogP contribution in [0.5, 0.6) is 5.75 Å². The summed E-state index contributed by atoms with van der Waals surface area (Å²) in [6.07, 6.45) is 1.41. The number of rotatable bonds is 7. The molecule has 16 heavy (non-hydrogen) atoms. The van der Waals surface area contributed by atoms with Gasteiger partial charge in [-0.05, 0) is 24.6 Å². The van der Waals surface area contributed by atoms with E-state index in [-0.39, 0.29) is 6.10 Å². The topological polar surface area (TPSA) is 41.5 Å². The summed E-state index contributed by atoms with van der Waals surface area (Å²) in [6, 6.07) is 7.88. The Morgan fingerprint density at radius 2 is 2.12 bits per heavy atom. The molecule has 0 aromatic heterocycles. The molecule has 0 unspecified atom stereocenters. The first-order valence-corrected chi connectivity index (χ1v) is 5.44. The molecule has 0 heterocycles. The van der Waals surface area contributed by atoms with E-state index in [0.29, 0.717) is 13.2 Å². The molecule has 2 N–H and O–H groups in total. The third kappa shape index (κ3) is 4.96. The molecule has 0 amide bonds. The maximum absolute atomic E-state index is 9.08. The molecule has 0 saturated heterocycles. The highest BCUT2D eigenvalue weighted by Crippen LogP contribution is 2.11. The van der Waals surface area contributed by atoms with Gasteiger partial charge in [-0.15, -0.1) is 0 Å². The van der Waals surface area contributed by atoms with Crippen molar-refractivity contribution in [3.8, 4) is 5.75 Å². The van der Waals surface area contributed by atoms with Gasteiger partial charge in [0.1, 0.15) is 12.4 Å². The average Bonchev–Trinajstić information content (AvgIpc) is 2.27. The Kier molecular flexibility index (Phi) is 5.61. The SMILES string of the molecule is C=CCOc1ccc(CNC[C@H](C)O)cc1. The molecule has 0 aliphatic carbocycles. The fraction of sp³-hybridized carbons (Fsp3) is 0.385. The summed E-state index contributed by atoms with van der Waals surface area (Å²) in [4.78, 5) is 0. The summed E-state index contributed by atoms with van der Waals surface area (Å²) in [5.74, 6) is 0.846. The van der Waals surface area contributed by atoms with Crippen LogP contribution in [0, 0.1) is 0 Å². The molecule has 1 rings (SSSR count). The molecule has 0 radical (unpaired) electrons. The zero-order chi connectivity index (χ0) is 11.8. The van der Waals surface area contributed by atoms with Crippen molar-refractivity contribution < 1.29 is 9.84 Å². The van der Waals surface area contributed by atoms with E-state index in [2.05, 4.69) is 11.9 Å². The van der Waals surface area contributed by atoms with Crippen LogP contribution in [0.1, 0.15) is 12.5 Å². The molecular formula is C13H19NO2. The monoisotopic (exact) mass is 221 g/mol. The highest BCUT2D eigenvalue weighted by Gasteiger charge is 1.97. The molecule has 1 aromatic carbocycles. The molecule has 1 atom stereocenters. The zero-order valence-electron chi connectivity index (χ0n) is 9.65. The van der Waals surface area contributed by atoms with Crippen LogP contribution in [0.2, 0.25) is 0 Å². The number of aliphatic hydroxyl groups is 1. The minimum atomic E-state index is -0.310. The average molecular weight is 221 g/mol. The lowest BCUT2D eigenvalue weighted by molar-refractivity contribution is 0.191. The first kappa shape index (κ1) is 12.7. The van der Waals surface area contributed by atoms with E-state index in [4.69, 9.17) is 9.84 Å². The smallest absolute Gasteiger partial charge is 0.119 e. The van der Waals surface area contributed by atoms with Crippen molar-refractivity contribution in [2.24, 2.45) is 0 Å². The van der Waals surface area contributed by atoms with Crippen LogP contribution in [0.25, 0.3) is 0 Å². The molecular weight excluding hydrogens is 202 g/mol. The maximum atomic E-state index is 9.08. The van der Waals surface area contributed by atoms with Gasteiger partial charge in [0.15, 0.2) is 0 Å². The van der Waals surface area contributed by atoms with Crippen molar-refractivity contribution >= 4 is 0 Å². The molecule has 3 heteroatoms. The van der Waals surface area contributed by atoms with Crippen LogP contribution in [0.3, 0.4) is 0 Å². The van der Waals surface area contributed by atoms with Crippen LogP contribution in [-0.2, 0) is 6.54 Å². The van der Waals surface area contributed by atoms with Crippen molar-refractivity contribution in [1.82, 2.24) is 5.32 Å². The largest absolute Gasteiger partial charge is 0.490 e. The van der Waals surface area contributed by atoms with Gasteiger partial charge in [0.05, 0.1) is 6.10 Å². The first-order chi connectivity index (χ1) is 7.72. The second kappa shape index (κ2) is 7.04. The number of hydrogen-bond acceptors (Lipinski definition) is 3. The summed E-state index contributed by atoms with van der Waals surface area (Å²) in [5, 5.41) is 12.2. The lowest BCUT2D eigenvalue weighted by atomic mass is 10.2. The van der Waals surface area contributed by atoms with E-state index >= 15 is 0 Å². The quantitative estimate of drug-likeness (QED) is 0.689. The third-order valence-electron chi connectivity index (χ3n) is 2.06. The standard InChI is InChI=1S/C13H19NO2/c1-3-8-16-13-6-4-12(5-7-13)10-14-9-11(2)15/h3-7,11,14-15H,1,8-10H2,2H3/t11-/m0/s1. The van der Waals surface area contributed by atoms with Gasteiger partial charge in [-0.25, -0.2) is 0 Å². The Hall–Kier alpha value is -1.32. The lowest BCUT2D eigenvalue weighted by Gasteiger charge is -2.08. The molecule has 0 fully saturated rings. The van der Waals surface area contributed by atoms with Gasteiger partial charge >= 0.3 is 0 Å². The van der Waals surface area contributed by atoms with Crippen molar-refractivity contribution in [2.75, 3.05) is 13.2 Å². The Balaban J connectivity index is 2.35. The lowest BCUT2D eigenvalue weighted by Crippen LogP contribution is -2.23. The zero-order valence-corrected chi connectivity index (χ0v) is 9.65. The van der Waals surface area contributed by atoms with E-state index in [1.165, 1.54) is 5.56 Å². The fourth-order valence-electron chi connectivity index (χ4n) is 1.28. The maximum Gasteiger partial charge on any atom is 0.119 e. The van der Waals surface area contributed by atoms with Gasteiger partial charge < -0.3 is 15.2 Å². The number of ether oxygens (including phenoxy) is 1. The van der Waals surface area contributed by atoms with Crippen molar-refractivity contribution in [3.05, 3.63) is 42.5 Å². The van der Waals surface area contributed by atoms with Gasteiger partial charge in [0.25, 0.3) is 0 Å². The minimum absolute atomic E-state index is 0.310. The Labute approximate surface area is 96.8 Å². The summed E-state index contributed by atoms with van der Waals surface area (Å²) in [6.45, 7) is 7.24. The predicted octanol–water partition coefficient (Wildman–Crippen LogP) is 1.72. The highest BCUT2D eigenvalue weighted by atomic mass is 16.5. The number of aliphatic hydroxyl groups excluding tert-OH is 1. The van der Waals surface area contributed by atoms with Gasteiger partial charge in [0.2, 0.25) is 0 Å².